The monoisotopic (exact) mass is 355 g/mol. The number of hydrogen-bond donors (Lipinski definition) is 0. The summed E-state index contributed by atoms with van der Waals surface area (Å²) in [5.41, 5.74) is 1.84. The number of aromatic nitrogens is 4. The first-order chi connectivity index (χ1) is 12.5. The average Bonchev–Trinajstić information content (AvgIpc) is 3.26. The van der Waals surface area contributed by atoms with Crippen molar-refractivity contribution in [2.75, 3.05) is 0 Å². The summed E-state index contributed by atoms with van der Waals surface area (Å²) in [5, 5.41) is 11.1. The van der Waals surface area contributed by atoms with E-state index in [1.807, 2.05) is 4.57 Å². The van der Waals surface area contributed by atoms with Crippen LogP contribution >= 0.6 is 0 Å². The third-order valence-electron chi connectivity index (χ3n) is 4.58. The van der Waals surface area contributed by atoms with E-state index in [1.54, 1.807) is 10.6 Å². The first kappa shape index (κ1) is 14.9. The van der Waals surface area contributed by atoms with Crippen LogP contribution in [0.4, 0.5) is 14.5 Å². The van der Waals surface area contributed by atoms with Gasteiger partial charge in [-0.2, -0.15) is 0 Å². The van der Waals surface area contributed by atoms with Gasteiger partial charge in [-0.05, 0) is 18.9 Å². The Morgan fingerprint density at radius 1 is 1.08 bits per heavy atom. The zero-order valence-corrected chi connectivity index (χ0v) is 13.3. The number of benzene rings is 2. The lowest BCUT2D eigenvalue weighted by Gasteiger charge is -2.09. The number of nitro benzene ring substituents is 1. The molecule has 0 radical (unpaired) electrons. The van der Waals surface area contributed by atoms with E-state index in [1.165, 1.54) is 18.5 Å². The zero-order valence-electron chi connectivity index (χ0n) is 13.3. The van der Waals surface area contributed by atoms with Crippen LogP contribution in [0.3, 0.4) is 0 Å². The number of halogens is 2. The normalized spacial score (nSPS) is 14.4. The first-order valence-corrected chi connectivity index (χ1v) is 8.02. The fourth-order valence-corrected chi connectivity index (χ4v) is 3.21. The molecule has 5 rings (SSSR count). The van der Waals surface area contributed by atoms with Gasteiger partial charge >= 0.3 is 0 Å². The molecule has 0 N–H and O–H groups in total. The lowest BCUT2D eigenvalue weighted by molar-refractivity contribution is -0.384. The molecule has 130 valence electrons. The van der Waals surface area contributed by atoms with Gasteiger partial charge in [0.2, 0.25) is 5.95 Å². The molecule has 26 heavy (non-hydrogen) atoms. The molecule has 2 aromatic heterocycles. The summed E-state index contributed by atoms with van der Waals surface area (Å²) < 4.78 is 30.8. The van der Waals surface area contributed by atoms with Crippen molar-refractivity contribution in [2.45, 2.75) is 18.9 Å². The predicted octanol–water partition coefficient (Wildman–Crippen LogP) is 3.90. The van der Waals surface area contributed by atoms with E-state index in [0.29, 0.717) is 28.0 Å². The Morgan fingerprint density at radius 3 is 2.58 bits per heavy atom. The molecule has 0 bridgehead atoms. The molecular formula is C17H11F2N5O2. The van der Waals surface area contributed by atoms with Gasteiger partial charge in [-0.1, -0.05) is 0 Å². The van der Waals surface area contributed by atoms with Crippen LogP contribution in [0, 0.1) is 21.7 Å². The van der Waals surface area contributed by atoms with E-state index < -0.39 is 16.6 Å². The summed E-state index contributed by atoms with van der Waals surface area (Å²) in [6.07, 6.45) is 3.33. The van der Waals surface area contributed by atoms with Crippen LogP contribution in [0.15, 0.2) is 36.7 Å². The fraction of sp³-hybridized carbons (Fsp3) is 0.176. The van der Waals surface area contributed by atoms with Crippen LogP contribution in [0.25, 0.3) is 28.0 Å². The molecule has 0 aliphatic heterocycles. The number of nitro groups is 1. The van der Waals surface area contributed by atoms with E-state index in [4.69, 9.17) is 0 Å². The van der Waals surface area contributed by atoms with Crippen molar-refractivity contribution in [3.05, 3.63) is 58.4 Å². The number of fused-ring (bicyclic) bond motifs is 2. The van der Waals surface area contributed by atoms with Crippen LogP contribution in [0.5, 0.6) is 0 Å². The highest BCUT2D eigenvalue weighted by atomic mass is 19.2. The van der Waals surface area contributed by atoms with E-state index in [0.717, 1.165) is 25.0 Å². The van der Waals surface area contributed by atoms with Gasteiger partial charge in [0.15, 0.2) is 11.6 Å². The minimum Gasteiger partial charge on any atom is -0.306 e. The van der Waals surface area contributed by atoms with Gasteiger partial charge in [0.05, 0.1) is 27.0 Å². The zero-order chi connectivity index (χ0) is 18.0. The molecule has 0 unspecified atom stereocenters. The fourth-order valence-electron chi connectivity index (χ4n) is 3.21. The van der Waals surface area contributed by atoms with Crippen molar-refractivity contribution >= 4 is 27.8 Å². The molecule has 1 fully saturated rings. The molecule has 1 saturated carbocycles. The SMILES string of the molecule is O=[N+]([O-])c1ccc2ncn(-c3nc4cc(F)c(F)cc4n3C3CC3)c2c1. The molecule has 0 atom stereocenters. The van der Waals surface area contributed by atoms with Gasteiger partial charge in [0, 0.05) is 30.3 Å². The largest absolute Gasteiger partial charge is 0.306 e. The maximum atomic E-state index is 13.7. The molecule has 0 amide bonds. The highest BCUT2D eigenvalue weighted by Crippen LogP contribution is 2.40. The highest BCUT2D eigenvalue weighted by molar-refractivity contribution is 5.82. The maximum Gasteiger partial charge on any atom is 0.271 e. The van der Waals surface area contributed by atoms with E-state index in [9.17, 15) is 18.9 Å². The number of non-ortho nitro benzene ring substituents is 1. The topological polar surface area (TPSA) is 78.8 Å². The van der Waals surface area contributed by atoms with Gasteiger partial charge in [0.1, 0.15) is 6.33 Å². The first-order valence-electron chi connectivity index (χ1n) is 8.02. The van der Waals surface area contributed by atoms with Crippen molar-refractivity contribution in [3.8, 4) is 5.95 Å². The minimum absolute atomic E-state index is 0.0644. The molecule has 2 heterocycles. The number of hydrogen-bond acceptors (Lipinski definition) is 4. The summed E-state index contributed by atoms with van der Waals surface area (Å²) in [7, 11) is 0. The Labute approximate surface area is 144 Å². The molecule has 1 aliphatic carbocycles. The quantitative estimate of drug-likeness (QED) is 0.412. The van der Waals surface area contributed by atoms with E-state index in [-0.39, 0.29) is 11.7 Å². The van der Waals surface area contributed by atoms with Crippen LogP contribution in [0.1, 0.15) is 18.9 Å². The van der Waals surface area contributed by atoms with Gasteiger partial charge in [0.25, 0.3) is 5.69 Å². The Hall–Kier alpha value is -3.36. The predicted molar refractivity (Wildman–Crippen MR) is 89.2 cm³/mol. The van der Waals surface area contributed by atoms with Crippen molar-refractivity contribution in [1.29, 1.82) is 0 Å². The highest BCUT2D eigenvalue weighted by Gasteiger charge is 2.30. The summed E-state index contributed by atoms with van der Waals surface area (Å²) in [6, 6.07) is 6.70. The molecule has 9 heteroatoms. The second-order valence-electron chi connectivity index (χ2n) is 6.31. The molecule has 1 aliphatic rings. The smallest absolute Gasteiger partial charge is 0.271 e. The standard InChI is InChI=1S/C17H11F2N5O2/c18-11-6-14-16(7-12(11)19)23(9-1-2-9)17(21-14)22-8-20-13-4-3-10(24(25)26)5-15(13)22/h3-9H,1-2H2. The Bertz CT molecular complexity index is 1210. The molecule has 0 spiro atoms. The lowest BCUT2D eigenvalue weighted by atomic mass is 10.3. The van der Waals surface area contributed by atoms with Crippen LogP contribution in [0.2, 0.25) is 0 Å². The summed E-state index contributed by atoms with van der Waals surface area (Å²) >= 11 is 0. The average molecular weight is 355 g/mol. The molecule has 0 saturated heterocycles. The molecule has 4 aromatic rings. The van der Waals surface area contributed by atoms with E-state index in [2.05, 4.69) is 9.97 Å². The summed E-state index contributed by atoms with van der Waals surface area (Å²) in [5.74, 6) is -1.46. The van der Waals surface area contributed by atoms with Crippen LogP contribution in [-0.2, 0) is 0 Å². The summed E-state index contributed by atoms with van der Waals surface area (Å²) in [4.78, 5) is 19.3. The maximum absolute atomic E-state index is 13.7. The Balaban J connectivity index is 1.81. The van der Waals surface area contributed by atoms with Crippen molar-refractivity contribution in [3.63, 3.8) is 0 Å². The third kappa shape index (κ3) is 2.10. The lowest BCUT2D eigenvalue weighted by Crippen LogP contribution is -2.05. The van der Waals surface area contributed by atoms with Gasteiger partial charge in [-0.25, -0.2) is 18.7 Å². The number of rotatable bonds is 3. The second kappa shape index (κ2) is 5.07. The van der Waals surface area contributed by atoms with Crippen LogP contribution < -0.4 is 0 Å². The van der Waals surface area contributed by atoms with Gasteiger partial charge in [-0.15, -0.1) is 0 Å². The molecule has 2 aromatic carbocycles. The molecule has 7 nitrogen and oxygen atoms in total. The van der Waals surface area contributed by atoms with Gasteiger partial charge < -0.3 is 4.57 Å². The van der Waals surface area contributed by atoms with Crippen molar-refractivity contribution < 1.29 is 13.7 Å². The Kier molecular flexibility index (Phi) is 2.91. The Morgan fingerprint density at radius 2 is 1.85 bits per heavy atom. The number of imidazole rings is 2. The number of nitrogens with zero attached hydrogens (tertiary/aromatic N) is 5. The van der Waals surface area contributed by atoms with Crippen molar-refractivity contribution in [2.24, 2.45) is 0 Å². The second-order valence-corrected chi connectivity index (χ2v) is 6.31. The summed E-state index contributed by atoms with van der Waals surface area (Å²) in [6.45, 7) is 0. The van der Waals surface area contributed by atoms with Gasteiger partial charge in [-0.3, -0.25) is 14.7 Å². The van der Waals surface area contributed by atoms with Crippen molar-refractivity contribution in [1.82, 2.24) is 19.1 Å². The third-order valence-corrected chi connectivity index (χ3v) is 4.58. The van der Waals surface area contributed by atoms with E-state index >= 15 is 0 Å². The minimum atomic E-state index is -0.962. The molecular weight excluding hydrogens is 344 g/mol. The van der Waals surface area contributed by atoms with Crippen LogP contribution in [-0.4, -0.2) is 24.0 Å².